The van der Waals surface area contributed by atoms with Gasteiger partial charge in [-0.1, -0.05) is 39.3 Å². The van der Waals surface area contributed by atoms with E-state index in [1.807, 2.05) is 18.2 Å². The van der Waals surface area contributed by atoms with Gasteiger partial charge in [-0.25, -0.2) is 18.4 Å². The van der Waals surface area contributed by atoms with E-state index in [1.165, 1.54) is 15.8 Å². The number of alkyl halides is 2. The van der Waals surface area contributed by atoms with Crippen molar-refractivity contribution < 1.29 is 18.3 Å². The van der Waals surface area contributed by atoms with Gasteiger partial charge in [-0.2, -0.15) is 0 Å². The van der Waals surface area contributed by atoms with E-state index in [4.69, 9.17) is 4.74 Å². The summed E-state index contributed by atoms with van der Waals surface area (Å²) in [6.45, 7) is -0.340. The SMILES string of the molecule is O=C(c1cc(Br)cc(-n2ccnn2)c1)N1CCC(F)(F)C(Oc2ccc3ccccc3n2)C1. The fraction of sp³-hybridized carbons (Fsp3) is 0.217. The molecular formula is C23H18BrF2N5O2. The maximum absolute atomic E-state index is 14.7. The van der Waals surface area contributed by atoms with Crippen molar-refractivity contribution in [1.29, 1.82) is 0 Å². The predicted octanol–water partition coefficient (Wildman–Crippen LogP) is 4.51. The van der Waals surface area contributed by atoms with Gasteiger partial charge in [-0.3, -0.25) is 4.79 Å². The van der Waals surface area contributed by atoms with Crippen molar-refractivity contribution in [3.8, 4) is 11.6 Å². The third-order valence-electron chi connectivity index (χ3n) is 5.51. The highest BCUT2D eigenvalue weighted by Crippen LogP contribution is 2.33. The van der Waals surface area contributed by atoms with Gasteiger partial charge in [0.05, 0.1) is 30.1 Å². The molecule has 0 saturated carbocycles. The van der Waals surface area contributed by atoms with E-state index in [0.717, 1.165) is 5.39 Å². The molecule has 3 heterocycles. The van der Waals surface area contributed by atoms with E-state index in [1.54, 1.807) is 42.6 Å². The number of carbonyl (C=O) groups is 1. The number of halogens is 3. The number of nitrogens with zero attached hydrogens (tertiary/aromatic N) is 5. The van der Waals surface area contributed by atoms with Crippen LogP contribution in [0.3, 0.4) is 0 Å². The Labute approximate surface area is 196 Å². The average molecular weight is 514 g/mol. The zero-order valence-corrected chi connectivity index (χ0v) is 18.8. The van der Waals surface area contributed by atoms with E-state index in [9.17, 15) is 13.6 Å². The molecule has 2 aromatic carbocycles. The molecule has 0 N–H and O–H groups in total. The number of amides is 1. The minimum Gasteiger partial charge on any atom is -0.466 e. The number of pyridine rings is 1. The molecule has 0 spiro atoms. The number of benzene rings is 2. The fourth-order valence-electron chi connectivity index (χ4n) is 3.80. The Morgan fingerprint density at radius 3 is 2.82 bits per heavy atom. The summed E-state index contributed by atoms with van der Waals surface area (Å²) in [5.41, 5.74) is 1.63. The average Bonchev–Trinajstić information content (AvgIpc) is 3.35. The van der Waals surface area contributed by atoms with E-state index in [-0.39, 0.29) is 24.9 Å². The molecule has 1 unspecified atom stereocenters. The van der Waals surface area contributed by atoms with E-state index in [2.05, 4.69) is 31.2 Å². The second-order valence-electron chi connectivity index (χ2n) is 7.76. The van der Waals surface area contributed by atoms with E-state index in [0.29, 0.717) is 21.2 Å². The van der Waals surface area contributed by atoms with Crippen molar-refractivity contribution in [2.45, 2.75) is 18.4 Å². The monoisotopic (exact) mass is 513 g/mol. The van der Waals surface area contributed by atoms with Crippen molar-refractivity contribution >= 4 is 32.7 Å². The molecule has 10 heteroatoms. The highest BCUT2D eigenvalue weighted by Gasteiger charge is 2.47. The Balaban J connectivity index is 1.38. The van der Waals surface area contributed by atoms with Gasteiger partial charge in [0.2, 0.25) is 5.88 Å². The van der Waals surface area contributed by atoms with Crippen molar-refractivity contribution in [1.82, 2.24) is 24.9 Å². The molecule has 168 valence electrons. The van der Waals surface area contributed by atoms with Crippen LogP contribution in [0.4, 0.5) is 8.78 Å². The van der Waals surface area contributed by atoms with Crippen LogP contribution in [0, 0.1) is 0 Å². The standard InChI is InChI=1S/C23H18BrF2N5O2/c24-17-11-16(12-18(13-17)31-10-8-27-29-31)22(32)30-9-7-23(25,26)20(14-30)33-21-6-5-15-3-1-2-4-19(15)28-21/h1-6,8,10-13,20H,7,9,14H2. The summed E-state index contributed by atoms with van der Waals surface area (Å²) in [6.07, 6.45) is 1.17. The van der Waals surface area contributed by atoms with Crippen molar-refractivity contribution in [3.05, 3.63) is 77.0 Å². The van der Waals surface area contributed by atoms with Crippen LogP contribution in [0.2, 0.25) is 0 Å². The lowest BCUT2D eigenvalue weighted by Gasteiger charge is -2.38. The molecular weight excluding hydrogens is 496 g/mol. The molecule has 0 bridgehead atoms. The van der Waals surface area contributed by atoms with E-state index >= 15 is 0 Å². The molecule has 1 aliphatic heterocycles. The van der Waals surface area contributed by atoms with Crippen LogP contribution in [0.1, 0.15) is 16.8 Å². The number of hydrogen-bond donors (Lipinski definition) is 0. The summed E-state index contributed by atoms with van der Waals surface area (Å²) in [5, 5.41) is 8.59. The Bertz CT molecular complexity index is 1320. The third-order valence-corrected chi connectivity index (χ3v) is 5.97. The highest BCUT2D eigenvalue weighted by atomic mass is 79.9. The molecule has 2 aromatic heterocycles. The Hall–Kier alpha value is -3.40. The number of rotatable bonds is 4. The quantitative estimate of drug-likeness (QED) is 0.401. The lowest BCUT2D eigenvalue weighted by Crippen LogP contribution is -2.55. The number of ether oxygens (including phenoxy) is 1. The molecule has 1 atom stereocenters. The lowest BCUT2D eigenvalue weighted by atomic mass is 10.0. The summed E-state index contributed by atoms with van der Waals surface area (Å²) in [5.74, 6) is -3.36. The summed E-state index contributed by atoms with van der Waals surface area (Å²) in [7, 11) is 0. The normalized spacial score (nSPS) is 17.8. The van der Waals surface area contributed by atoms with Gasteiger partial charge in [-0.05, 0) is 30.3 Å². The number of fused-ring (bicyclic) bond motifs is 1. The lowest BCUT2D eigenvalue weighted by molar-refractivity contribution is -0.131. The minimum absolute atomic E-state index is 0.0813. The summed E-state index contributed by atoms with van der Waals surface area (Å²) >= 11 is 3.40. The van der Waals surface area contributed by atoms with Gasteiger partial charge in [0.25, 0.3) is 11.8 Å². The van der Waals surface area contributed by atoms with Crippen LogP contribution in [0.5, 0.6) is 5.88 Å². The maximum Gasteiger partial charge on any atom is 0.287 e. The number of aromatic nitrogens is 4. The Morgan fingerprint density at radius 2 is 2.00 bits per heavy atom. The first kappa shape index (κ1) is 21.4. The van der Waals surface area contributed by atoms with Crippen LogP contribution in [0.25, 0.3) is 16.6 Å². The van der Waals surface area contributed by atoms with Crippen molar-refractivity contribution in [2.75, 3.05) is 13.1 Å². The van der Waals surface area contributed by atoms with E-state index < -0.39 is 18.4 Å². The topological polar surface area (TPSA) is 73.1 Å². The largest absolute Gasteiger partial charge is 0.466 e. The molecule has 1 amide bonds. The summed E-state index contributed by atoms with van der Waals surface area (Å²) in [4.78, 5) is 18.9. The number of hydrogen-bond acceptors (Lipinski definition) is 5. The summed E-state index contributed by atoms with van der Waals surface area (Å²) < 4.78 is 37.2. The molecule has 4 aromatic rings. The number of piperidine rings is 1. The zero-order valence-electron chi connectivity index (χ0n) is 17.2. The predicted molar refractivity (Wildman–Crippen MR) is 121 cm³/mol. The van der Waals surface area contributed by atoms with Gasteiger partial charge >= 0.3 is 0 Å². The van der Waals surface area contributed by atoms with Gasteiger partial charge in [0, 0.05) is 34.5 Å². The van der Waals surface area contributed by atoms with Crippen LogP contribution in [-0.4, -0.2) is 55.9 Å². The first-order valence-electron chi connectivity index (χ1n) is 10.3. The Morgan fingerprint density at radius 1 is 1.15 bits per heavy atom. The minimum atomic E-state index is -3.09. The smallest absolute Gasteiger partial charge is 0.287 e. The molecule has 0 radical (unpaired) electrons. The van der Waals surface area contributed by atoms with Gasteiger partial charge < -0.3 is 9.64 Å². The number of para-hydroxylation sites is 1. The van der Waals surface area contributed by atoms with Crippen LogP contribution in [-0.2, 0) is 0 Å². The molecule has 7 nitrogen and oxygen atoms in total. The molecule has 33 heavy (non-hydrogen) atoms. The molecule has 0 aliphatic carbocycles. The first-order valence-corrected chi connectivity index (χ1v) is 11.1. The molecule has 1 aliphatic rings. The second-order valence-corrected chi connectivity index (χ2v) is 8.67. The zero-order chi connectivity index (χ0) is 23.0. The number of likely N-dealkylation sites (tertiary alicyclic amines) is 1. The van der Waals surface area contributed by atoms with Gasteiger partial charge in [0.1, 0.15) is 0 Å². The van der Waals surface area contributed by atoms with Crippen LogP contribution < -0.4 is 4.74 Å². The first-order chi connectivity index (χ1) is 15.9. The number of carbonyl (C=O) groups excluding carboxylic acids is 1. The maximum atomic E-state index is 14.7. The van der Waals surface area contributed by atoms with Crippen molar-refractivity contribution in [2.24, 2.45) is 0 Å². The van der Waals surface area contributed by atoms with Gasteiger partial charge in [-0.15, -0.1) is 5.10 Å². The molecule has 1 fully saturated rings. The fourth-order valence-corrected chi connectivity index (χ4v) is 4.28. The van der Waals surface area contributed by atoms with Crippen LogP contribution in [0.15, 0.2) is 71.5 Å². The second kappa shape index (κ2) is 8.51. The summed E-state index contributed by atoms with van der Waals surface area (Å²) in [6, 6.07) is 15.8. The van der Waals surface area contributed by atoms with Crippen molar-refractivity contribution in [3.63, 3.8) is 0 Å². The van der Waals surface area contributed by atoms with Crippen LogP contribution >= 0.6 is 15.9 Å². The highest BCUT2D eigenvalue weighted by molar-refractivity contribution is 9.10. The molecule has 5 rings (SSSR count). The van der Waals surface area contributed by atoms with Gasteiger partial charge in [0.15, 0.2) is 6.10 Å². The molecule has 1 saturated heterocycles. The third kappa shape index (κ3) is 4.43. The Kier molecular flexibility index (Phi) is 5.53.